The van der Waals surface area contributed by atoms with E-state index in [-0.39, 0.29) is 17.9 Å². The summed E-state index contributed by atoms with van der Waals surface area (Å²) >= 11 is 5.70. The van der Waals surface area contributed by atoms with Crippen molar-refractivity contribution in [2.24, 2.45) is 0 Å². The van der Waals surface area contributed by atoms with Gasteiger partial charge in [0.2, 0.25) is 6.10 Å². The number of aromatic hydroxyl groups is 1. The third kappa shape index (κ3) is 2.50. The number of esters is 2. The fourth-order valence-electron chi connectivity index (χ4n) is 1.45. The molecule has 6 heteroatoms. The Morgan fingerprint density at radius 1 is 1.53 bits per heavy atom. The van der Waals surface area contributed by atoms with Crippen LogP contribution >= 0.6 is 11.6 Å². The van der Waals surface area contributed by atoms with Crippen LogP contribution in [0.2, 0.25) is 5.02 Å². The third-order valence-electron chi connectivity index (χ3n) is 2.32. The minimum atomic E-state index is -0.902. The minimum absolute atomic E-state index is 0.0720. The van der Waals surface area contributed by atoms with Crippen LogP contribution in [-0.2, 0) is 14.3 Å². The molecular weight excluding hydrogens is 248 g/mol. The van der Waals surface area contributed by atoms with Gasteiger partial charge in [0.05, 0.1) is 6.61 Å². The van der Waals surface area contributed by atoms with Crippen LogP contribution in [0.25, 0.3) is 0 Å². The van der Waals surface area contributed by atoms with E-state index in [0.717, 1.165) is 0 Å². The summed E-state index contributed by atoms with van der Waals surface area (Å²) in [6.07, 6.45) is -0.577. The highest BCUT2D eigenvalue weighted by Crippen LogP contribution is 2.23. The summed E-state index contributed by atoms with van der Waals surface area (Å²) in [5, 5.41) is 9.76. The Morgan fingerprint density at radius 3 is 2.94 bits per heavy atom. The van der Waals surface area contributed by atoms with Crippen molar-refractivity contribution in [3.63, 3.8) is 0 Å². The minimum Gasteiger partial charge on any atom is -0.507 e. The van der Waals surface area contributed by atoms with E-state index in [1.807, 2.05) is 0 Å². The molecule has 90 valence electrons. The molecule has 0 aliphatic carbocycles. The number of rotatable bonds is 2. The van der Waals surface area contributed by atoms with Crippen molar-refractivity contribution >= 4 is 23.5 Å². The summed E-state index contributed by atoms with van der Waals surface area (Å²) < 4.78 is 9.56. The molecule has 0 saturated carbocycles. The molecule has 5 nitrogen and oxygen atoms in total. The highest BCUT2D eigenvalue weighted by Gasteiger charge is 2.31. The van der Waals surface area contributed by atoms with Crippen LogP contribution in [0.5, 0.6) is 5.75 Å². The Kier molecular flexibility index (Phi) is 3.19. The Labute approximate surface area is 102 Å². The molecule has 1 saturated heterocycles. The molecule has 1 fully saturated rings. The van der Waals surface area contributed by atoms with E-state index in [2.05, 4.69) is 4.74 Å². The number of hydrogen-bond donors (Lipinski definition) is 1. The number of halogens is 1. The van der Waals surface area contributed by atoms with Crippen molar-refractivity contribution in [1.29, 1.82) is 0 Å². The van der Waals surface area contributed by atoms with E-state index in [4.69, 9.17) is 16.3 Å². The zero-order valence-electron chi connectivity index (χ0n) is 8.68. The number of cyclic esters (lactones) is 1. The Morgan fingerprint density at radius 2 is 2.29 bits per heavy atom. The predicted molar refractivity (Wildman–Crippen MR) is 57.9 cm³/mol. The van der Waals surface area contributed by atoms with Gasteiger partial charge in [-0.05, 0) is 18.2 Å². The summed E-state index contributed by atoms with van der Waals surface area (Å²) in [6.45, 7) is 0.234. The smallest absolute Gasteiger partial charge is 0.347 e. The van der Waals surface area contributed by atoms with Gasteiger partial charge in [-0.15, -0.1) is 0 Å². The molecule has 1 unspecified atom stereocenters. The van der Waals surface area contributed by atoms with Crippen LogP contribution in [0.15, 0.2) is 18.2 Å². The average Bonchev–Trinajstić information content (AvgIpc) is 2.68. The molecule has 1 aliphatic rings. The number of ether oxygens (including phenoxy) is 2. The molecule has 1 N–H and O–H groups in total. The lowest BCUT2D eigenvalue weighted by Crippen LogP contribution is -2.22. The van der Waals surface area contributed by atoms with Crippen molar-refractivity contribution < 1.29 is 24.2 Å². The van der Waals surface area contributed by atoms with Gasteiger partial charge in [0.25, 0.3) is 0 Å². The standard InChI is InChI=1S/C11H9ClO5/c12-6-1-2-8(13)7(5-6)10(14)17-9-3-4-16-11(9)15/h1-2,5,9,13H,3-4H2. The van der Waals surface area contributed by atoms with Crippen LogP contribution in [0.3, 0.4) is 0 Å². The predicted octanol–water partition coefficient (Wildman–Crippen LogP) is 1.52. The van der Waals surface area contributed by atoms with Gasteiger partial charge in [0, 0.05) is 11.4 Å². The first-order valence-electron chi connectivity index (χ1n) is 4.94. The molecule has 1 aromatic carbocycles. The second-order valence-electron chi connectivity index (χ2n) is 3.51. The van der Waals surface area contributed by atoms with Crippen LogP contribution < -0.4 is 0 Å². The lowest BCUT2D eigenvalue weighted by molar-refractivity contribution is -0.145. The first-order chi connectivity index (χ1) is 8.08. The van der Waals surface area contributed by atoms with Gasteiger partial charge in [-0.3, -0.25) is 0 Å². The number of carbonyl (C=O) groups is 2. The second kappa shape index (κ2) is 4.63. The lowest BCUT2D eigenvalue weighted by atomic mass is 10.2. The van der Waals surface area contributed by atoms with Crippen molar-refractivity contribution in [3.05, 3.63) is 28.8 Å². The molecule has 17 heavy (non-hydrogen) atoms. The van der Waals surface area contributed by atoms with E-state index in [0.29, 0.717) is 11.4 Å². The highest BCUT2D eigenvalue weighted by atomic mass is 35.5. The van der Waals surface area contributed by atoms with Gasteiger partial charge < -0.3 is 14.6 Å². The molecule has 1 aromatic rings. The highest BCUT2D eigenvalue weighted by molar-refractivity contribution is 6.31. The molecule has 1 atom stereocenters. The maximum Gasteiger partial charge on any atom is 0.347 e. The zero-order valence-corrected chi connectivity index (χ0v) is 9.44. The summed E-state index contributed by atoms with van der Waals surface area (Å²) in [4.78, 5) is 22.8. The fourth-order valence-corrected chi connectivity index (χ4v) is 1.62. The molecule has 0 amide bonds. The molecular formula is C11H9ClO5. The van der Waals surface area contributed by atoms with E-state index in [1.165, 1.54) is 18.2 Å². The van der Waals surface area contributed by atoms with Gasteiger partial charge >= 0.3 is 11.9 Å². The summed E-state index contributed by atoms with van der Waals surface area (Å²) in [7, 11) is 0. The monoisotopic (exact) mass is 256 g/mol. The SMILES string of the molecule is O=C(OC1CCOC1=O)c1cc(Cl)ccc1O. The van der Waals surface area contributed by atoms with E-state index in [1.54, 1.807) is 0 Å². The van der Waals surface area contributed by atoms with Gasteiger partial charge in [-0.2, -0.15) is 0 Å². The largest absolute Gasteiger partial charge is 0.507 e. The van der Waals surface area contributed by atoms with Gasteiger partial charge in [-0.25, -0.2) is 9.59 Å². The fraction of sp³-hybridized carbons (Fsp3) is 0.273. The Hall–Kier alpha value is -1.75. The van der Waals surface area contributed by atoms with E-state index < -0.39 is 18.0 Å². The molecule has 0 aromatic heterocycles. The molecule has 1 aliphatic heterocycles. The average molecular weight is 257 g/mol. The van der Waals surface area contributed by atoms with Gasteiger partial charge in [0.15, 0.2) is 0 Å². The summed E-state index contributed by atoms with van der Waals surface area (Å²) in [5.41, 5.74) is -0.0720. The second-order valence-corrected chi connectivity index (χ2v) is 3.95. The molecule has 0 spiro atoms. The number of hydrogen-bond acceptors (Lipinski definition) is 5. The maximum absolute atomic E-state index is 11.7. The summed E-state index contributed by atoms with van der Waals surface area (Å²) in [5.74, 6) is -1.61. The van der Waals surface area contributed by atoms with E-state index >= 15 is 0 Å². The Balaban J connectivity index is 2.14. The van der Waals surface area contributed by atoms with Crippen LogP contribution in [0, 0.1) is 0 Å². The first-order valence-corrected chi connectivity index (χ1v) is 5.32. The van der Waals surface area contributed by atoms with Gasteiger partial charge in [-0.1, -0.05) is 11.6 Å². The first kappa shape index (κ1) is 11.7. The number of phenolic OH excluding ortho intramolecular Hbond substituents is 1. The van der Waals surface area contributed by atoms with Gasteiger partial charge in [0.1, 0.15) is 11.3 Å². The van der Waals surface area contributed by atoms with Crippen LogP contribution in [0.1, 0.15) is 16.8 Å². The van der Waals surface area contributed by atoms with Crippen molar-refractivity contribution in [2.75, 3.05) is 6.61 Å². The van der Waals surface area contributed by atoms with Crippen LogP contribution in [-0.4, -0.2) is 29.8 Å². The lowest BCUT2D eigenvalue weighted by Gasteiger charge is -2.09. The molecule has 0 radical (unpaired) electrons. The quantitative estimate of drug-likeness (QED) is 0.812. The molecule has 1 heterocycles. The number of benzene rings is 1. The summed E-state index contributed by atoms with van der Waals surface area (Å²) in [6, 6.07) is 4.00. The number of phenols is 1. The number of carbonyl (C=O) groups excluding carboxylic acids is 2. The molecule has 2 rings (SSSR count). The molecule has 0 bridgehead atoms. The maximum atomic E-state index is 11.7. The topological polar surface area (TPSA) is 72.8 Å². The Bertz CT molecular complexity index is 471. The normalized spacial score (nSPS) is 18.9. The van der Waals surface area contributed by atoms with E-state index in [9.17, 15) is 14.7 Å². The van der Waals surface area contributed by atoms with Crippen molar-refractivity contribution in [3.8, 4) is 5.75 Å². The zero-order chi connectivity index (χ0) is 12.4. The van der Waals surface area contributed by atoms with Crippen LogP contribution in [0.4, 0.5) is 0 Å². The van der Waals surface area contributed by atoms with Crippen molar-refractivity contribution in [1.82, 2.24) is 0 Å². The van der Waals surface area contributed by atoms with Crippen molar-refractivity contribution in [2.45, 2.75) is 12.5 Å². The third-order valence-corrected chi connectivity index (χ3v) is 2.55.